The molecule has 21 heavy (non-hydrogen) atoms. The van der Waals surface area contributed by atoms with Crippen molar-refractivity contribution in [3.05, 3.63) is 23.3 Å². The van der Waals surface area contributed by atoms with Gasteiger partial charge in [-0.3, -0.25) is 0 Å². The SMILES string of the molecule is COC1(c2ncc3c(n2)CCCCC3N)CCC(C)CC1. The Morgan fingerprint density at radius 2 is 2.00 bits per heavy atom. The van der Waals surface area contributed by atoms with E-state index >= 15 is 0 Å². The van der Waals surface area contributed by atoms with E-state index in [1.165, 1.54) is 25.7 Å². The average molecular weight is 289 g/mol. The molecule has 0 aliphatic heterocycles. The molecule has 1 saturated carbocycles. The van der Waals surface area contributed by atoms with Crippen molar-refractivity contribution in [1.29, 1.82) is 0 Å². The van der Waals surface area contributed by atoms with Crippen LogP contribution < -0.4 is 5.73 Å². The zero-order valence-corrected chi connectivity index (χ0v) is 13.3. The predicted molar refractivity (Wildman–Crippen MR) is 82.8 cm³/mol. The van der Waals surface area contributed by atoms with Crippen LogP contribution >= 0.6 is 0 Å². The Bertz CT molecular complexity index is 495. The maximum atomic E-state index is 6.25. The minimum Gasteiger partial charge on any atom is -0.370 e. The first-order valence-corrected chi connectivity index (χ1v) is 8.31. The van der Waals surface area contributed by atoms with E-state index in [0.717, 1.165) is 48.7 Å². The second kappa shape index (κ2) is 6.01. The molecule has 0 bridgehead atoms. The fraction of sp³-hybridized carbons (Fsp3) is 0.765. The van der Waals surface area contributed by atoms with Crippen LogP contribution in [-0.4, -0.2) is 17.1 Å². The summed E-state index contributed by atoms with van der Waals surface area (Å²) in [6, 6.07) is 0.0985. The normalized spacial score (nSPS) is 33.3. The molecule has 4 nitrogen and oxygen atoms in total. The van der Waals surface area contributed by atoms with Crippen molar-refractivity contribution in [3.8, 4) is 0 Å². The Hall–Kier alpha value is -1.00. The summed E-state index contributed by atoms with van der Waals surface area (Å²) in [6.45, 7) is 2.32. The highest BCUT2D eigenvalue weighted by molar-refractivity contribution is 5.24. The first kappa shape index (κ1) is 14.9. The number of nitrogens with two attached hydrogens (primary N) is 1. The van der Waals surface area contributed by atoms with E-state index in [4.69, 9.17) is 15.5 Å². The number of rotatable bonds is 2. The Kier molecular flexibility index (Phi) is 4.27. The highest BCUT2D eigenvalue weighted by atomic mass is 16.5. The summed E-state index contributed by atoms with van der Waals surface area (Å²) in [6.07, 6.45) is 10.8. The lowest BCUT2D eigenvalue weighted by atomic mass is 9.79. The van der Waals surface area contributed by atoms with Crippen molar-refractivity contribution < 1.29 is 4.74 Å². The molecule has 1 unspecified atom stereocenters. The third-order valence-corrected chi connectivity index (χ3v) is 5.36. The first-order chi connectivity index (χ1) is 10.1. The van der Waals surface area contributed by atoms with Crippen LogP contribution in [0.15, 0.2) is 6.20 Å². The van der Waals surface area contributed by atoms with Crippen LogP contribution in [0.2, 0.25) is 0 Å². The first-order valence-electron chi connectivity index (χ1n) is 8.31. The fourth-order valence-corrected chi connectivity index (χ4v) is 3.72. The second-order valence-electron chi connectivity index (χ2n) is 6.83. The smallest absolute Gasteiger partial charge is 0.160 e. The maximum Gasteiger partial charge on any atom is 0.160 e. The number of hydrogen-bond acceptors (Lipinski definition) is 4. The van der Waals surface area contributed by atoms with Crippen molar-refractivity contribution in [2.24, 2.45) is 11.7 Å². The van der Waals surface area contributed by atoms with Crippen molar-refractivity contribution in [3.63, 3.8) is 0 Å². The molecular weight excluding hydrogens is 262 g/mol. The van der Waals surface area contributed by atoms with Crippen molar-refractivity contribution in [2.75, 3.05) is 7.11 Å². The Balaban J connectivity index is 1.93. The van der Waals surface area contributed by atoms with Crippen molar-refractivity contribution in [1.82, 2.24) is 9.97 Å². The van der Waals surface area contributed by atoms with Crippen molar-refractivity contribution >= 4 is 0 Å². The zero-order chi connectivity index (χ0) is 14.9. The van der Waals surface area contributed by atoms with Gasteiger partial charge in [-0.1, -0.05) is 13.3 Å². The largest absolute Gasteiger partial charge is 0.370 e. The van der Waals surface area contributed by atoms with Crippen LogP contribution in [0.4, 0.5) is 0 Å². The lowest BCUT2D eigenvalue weighted by Gasteiger charge is -2.37. The molecule has 0 spiro atoms. The van der Waals surface area contributed by atoms with Crippen LogP contribution in [0.5, 0.6) is 0 Å². The minimum absolute atomic E-state index is 0.0985. The quantitative estimate of drug-likeness (QED) is 0.849. The standard InChI is InChI=1S/C17H27N3O/c1-12-7-9-17(21-2,10-8-12)16-19-11-13-14(18)5-3-4-6-15(13)20-16/h11-12,14H,3-10,18H2,1-2H3. The molecule has 4 heteroatoms. The summed E-state index contributed by atoms with van der Waals surface area (Å²) in [5.41, 5.74) is 8.27. The van der Waals surface area contributed by atoms with Crippen LogP contribution in [0.25, 0.3) is 0 Å². The number of fused-ring (bicyclic) bond motifs is 1. The number of ether oxygens (including phenoxy) is 1. The summed E-state index contributed by atoms with van der Waals surface area (Å²) in [7, 11) is 1.80. The molecule has 2 N–H and O–H groups in total. The molecule has 1 heterocycles. The van der Waals surface area contributed by atoms with Gasteiger partial charge in [0.15, 0.2) is 5.82 Å². The molecule has 1 fully saturated rings. The molecular formula is C17H27N3O. The van der Waals surface area contributed by atoms with Crippen LogP contribution in [0, 0.1) is 5.92 Å². The van der Waals surface area contributed by atoms with E-state index in [9.17, 15) is 0 Å². The Morgan fingerprint density at radius 3 is 2.71 bits per heavy atom. The molecule has 0 amide bonds. The molecule has 1 aromatic heterocycles. The van der Waals surface area contributed by atoms with Gasteiger partial charge >= 0.3 is 0 Å². The van der Waals surface area contributed by atoms with Gasteiger partial charge in [0.2, 0.25) is 0 Å². The van der Waals surface area contributed by atoms with Gasteiger partial charge < -0.3 is 10.5 Å². The van der Waals surface area contributed by atoms with E-state index in [-0.39, 0.29) is 11.6 Å². The maximum absolute atomic E-state index is 6.25. The van der Waals surface area contributed by atoms with Gasteiger partial charge in [-0.2, -0.15) is 0 Å². The highest BCUT2D eigenvalue weighted by Gasteiger charge is 2.39. The summed E-state index contributed by atoms with van der Waals surface area (Å²) < 4.78 is 5.91. The van der Waals surface area contributed by atoms with E-state index in [1.807, 2.05) is 6.20 Å². The van der Waals surface area contributed by atoms with E-state index in [2.05, 4.69) is 11.9 Å². The van der Waals surface area contributed by atoms with Crippen LogP contribution in [-0.2, 0) is 16.8 Å². The van der Waals surface area contributed by atoms with Gasteiger partial charge in [-0.15, -0.1) is 0 Å². The number of aryl methyl sites for hydroxylation is 1. The van der Waals surface area contributed by atoms with E-state index < -0.39 is 0 Å². The minimum atomic E-state index is -0.280. The summed E-state index contributed by atoms with van der Waals surface area (Å²) in [4.78, 5) is 9.56. The van der Waals surface area contributed by atoms with E-state index in [1.54, 1.807) is 7.11 Å². The number of nitrogens with zero attached hydrogens (tertiary/aromatic N) is 2. The zero-order valence-electron chi connectivity index (χ0n) is 13.3. The molecule has 2 aliphatic carbocycles. The van der Waals surface area contributed by atoms with Gasteiger partial charge in [-0.25, -0.2) is 9.97 Å². The van der Waals surface area contributed by atoms with Gasteiger partial charge in [0.1, 0.15) is 5.60 Å². The Labute approximate surface area is 127 Å². The van der Waals surface area contributed by atoms with Gasteiger partial charge in [0.25, 0.3) is 0 Å². The number of aromatic nitrogens is 2. The van der Waals surface area contributed by atoms with Gasteiger partial charge in [-0.05, 0) is 50.9 Å². The third kappa shape index (κ3) is 2.84. The molecule has 1 aromatic rings. The van der Waals surface area contributed by atoms with Gasteiger partial charge in [0.05, 0.1) is 0 Å². The Morgan fingerprint density at radius 1 is 1.24 bits per heavy atom. The van der Waals surface area contributed by atoms with Crippen LogP contribution in [0.1, 0.15) is 75.0 Å². The molecule has 0 aromatic carbocycles. The van der Waals surface area contributed by atoms with Gasteiger partial charge in [0, 0.05) is 30.6 Å². The molecule has 2 aliphatic rings. The molecule has 0 saturated heterocycles. The molecule has 116 valence electrons. The lowest BCUT2D eigenvalue weighted by molar-refractivity contribution is -0.0599. The average Bonchev–Trinajstić information content (AvgIpc) is 2.70. The topological polar surface area (TPSA) is 61.0 Å². The second-order valence-corrected chi connectivity index (χ2v) is 6.83. The number of methoxy groups -OCH3 is 1. The van der Waals surface area contributed by atoms with Crippen LogP contribution in [0.3, 0.4) is 0 Å². The lowest BCUT2D eigenvalue weighted by Crippen LogP contribution is -2.35. The molecule has 1 atom stereocenters. The van der Waals surface area contributed by atoms with E-state index in [0.29, 0.717) is 0 Å². The molecule has 0 radical (unpaired) electrons. The predicted octanol–water partition coefficient (Wildman–Crippen LogP) is 3.25. The monoisotopic (exact) mass is 289 g/mol. The third-order valence-electron chi connectivity index (χ3n) is 5.36. The highest BCUT2D eigenvalue weighted by Crippen LogP contribution is 2.41. The van der Waals surface area contributed by atoms with Crippen molar-refractivity contribution in [2.45, 2.75) is 69.9 Å². The summed E-state index contributed by atoms with van der Waals surface area (Å²) in [5.74, 6) is 1.66. The molecule has 3 rings (SSSR count). The summed E-state index contributed by atoms with van der Waals surface area (Å²) in [5, 5.41) is 0. The fourth-order valence-electron chi connectivity index (χ4n) is 3.72. The summed E-state index contributed by atoms with van der Waals surface area (Å²) >= 11 is 0. The number of hydrogen-bond donors (Lipinski definition) is 1.